The molecule has 0 bridgehead atoms. The van der Waals surface area contributed by atoms with E-state index in [1.807, 2.05) is 13.0 Å². The van der Waals surface area contributed by atoms with E-state index in [9.17, 15) is 9.59 Å². The smallest absolute Gasteiger partial charge is 0.238 e. The van der Waals surface area contributed by atoms with Gasteiger partial charge in [-0.1, -0.05) is 11.6 Å². The van der Waals surface area contributed by atoms with E-state index in [1.54, 1.807) is 17.0 Å². The molecule has 0 spiro atoms. The zero-order valence-electron chi connectivity index (χ0n) is 12.2. The number of fused-ring (bicyclic) bond motifs is 1. The number of halogens is 1. The fourth-order valence-electron chi connectivity index (χ4n) is 2.63. The predicted molar refractivity (Wildman–Crippen MR) is 86.3 cm³/mol. The zero-order chi connectivity index (χ0) is 15.7. The van der Waals surface area contributed by atoms with E-state index in [0.29, 0.717) is 30.5 Å². The third-order valence-corrected chi connectivity index (χ3v) is 5.32. The van der Waals surface area contributed by atoms with E-state index in [2.05, 4.69) is 5.32 Å². The van der Waals surface area contributed by atoms with Crippen LogP contribution in [0.15, 0.2) is 23.1 Å². The second-order valence-electron chi connectivity index (χ2n) is 5.45. The molecule has 7 heteroatoms. The number of morpholine rings is 1. The summed E-state index contributed by atoms with van der Waals surface area (Å²) in [4.78, 5) is 27.4. The van der Waals surface area contributed by atoms with Crippen LogP contribution < -0.4 is 5.32 Å². The third kappa shape index (κ3) is 3.24. The lowest BCUT2D eigenvalue weighted by molar-refractivity contribution is -0.140. The van der Waals surface area contributed by atoms with E-state index in [1.165, 1.54) is 11.8 Å². The van der Waals surface area contributed by atoms with Crippen molar-refractivity contribution in [3.8, 4) is 0 Å². The molecule has 0 saturated carbocycles. The molecule has 118 valence electrons. The summed E-state index contributed by atoms with van der Waals surface area (Å²) in [6.07, 6.45) is 0.197. The maximum Gasteiger partial charge on any atom is 0.238 e. The molecule has 2 aliphatic heterocycles. The number of thioether (sulfide) groups is 1. The van der Waals surface area contributed by atoms with Gasteiger partial charge in [0.2, 0.25) is 11.8 Å². The van der Waals surface area contributed by atoms with Crippen molar-refractivity contribution in [2.24, 2.45) is 0 Å². The standard InChI is InChI=1S/C15H17ClN2O3S/c1-9-8-21-5-4-18(9)14(19)7-13-15(20)17-11-6-10(16)2-3-12(11)22-13/h2-3,6,9,13H,4-5,7-8H2,1H3,(H,17,20)/t9-,13+/m0/s1. The number of amides is 2. The van der Waals surface area contributed by atoms with Crippen molar-refractivity contribution in [2.75, 3.05) is 25.1 Å². The van der Waals surface area contributed by atoms with Gasteiger partial charge in [-0.3, -0.25) is 9.59 Å². The fourth-order valence-corrected chi connectivity index (χ4v) is 3.88. The van der Waals surface area contributed by atoms with Crippen LogP contribution in [0.4, 0.5) is 5.69 Å². The Morgan fingerprint density at radius 2 is 2.36 bits per heavy atom. The molecule has 1 N–H and O–H groups in total. The summed E-state index contributed by atoms with van der Waals surface area (Å²) in [5.74, 6) is -0.144. The average Bonchev–Trinajstić information content (AvgIpc) is 2.48. The van der Waals surface area contributed by atoms with Crippen LogP contribution in [0.25, 0.3) is 0 Å². The molecule has 2 heterocycles. The van der Waals surface area contributed by atoms with Crippen molar-refractivity contribution in [2.45, 2.75) is 29.5 Å². The highest BCUT2D eigenvalue weighted by molar-refractivity contribution is 8.01. The Labute approximate surface area is 138 Å². The quantitative estimate of drug-likeness (QED) is 0.898. The lowest BCUT2D eigenvalue weighted by Crippen LogP contribution is -2.48. The molecule has 22 heavy (non-hydrogen) atoms. The lowest BCUT2D eigenvalue weighted by atomic mass is 10.2. The minimum Gasteiger partial charge on any atom is -0.377 e. The van der Waals surface area contributed by atoms with E-state index in [0.717, 1.165) is 4.90 Å². The van der Waals surface area contributed by atoms with Gasteiger partial charge in [0.15, 0.2) is 0 Å². The first-order chi connectivity index (χ1) is 10.5. The monoisotopic (exact) mass is 340 g/mol. The van der Waals surface area contributed by atoms with Gasteiger partial charge in [0.05, 0.1) is 30.2 Å². The maximum absolute atomic E-state index is 12.4. The second kappa shape index (κ2) is 6.48. The van der Waals surface area contributed by atoms with Crippen LogP contribution in [0, 0.1) is 0 Å². The number of rotatable bonds is 2. The molecule has 0 aliphatic carbocycles. The van der Waals surface area contributed by atoms with Gasteiger partial charge in [-0.05, 0) is 25.1 Å². The van der Waals surface area contributed by atoms with Gasteiger partial charge in [0.25, 0.3) is 0 Å². The number of hydrogen-bond donors (Lipinski definition) is 1. The highest BCUT2D eigenvalue weighted by Gasteiger charge is 2.32. The van der Waals surface area contributed by atoms with Crippen LogP contribution in [0.5, 0.6) is 0 Å². The molecule has 2 atom stereocenters. The molecular weight excluding hydrogens is 324 g/mol. The summed E-state index contributed by atoms with van der Waals surface area (Å²) in [5.41, 5.74) is 0.714. The highest BCUT2D eigenvalue weighted by Crippen LogP contribution is 2.38. The van der Waals surface area contributed by atoms with Gasteiger partial charge >= 0.3 is 0 Å². The normalized spacial score (nSPS) is 24.6. The molecule has 3 rings (SSSR count). The lowest BCUT2D eigenvalue weighted by Gasteiger charge is -2.34. The Hall–Kier alpha value is -1.24. The molecular formula is C15H17ClN2O3S. The van der Waals surface area contributed by atoms with E-state index >= 15 is 0 Å². The number of hydrogen-bond acceptors (Lipinski definition) is 4. The van der Waals surface area contributed by atoms with Crippen LogP contribution in [-0.2, 0) is 14.3 Å². The number of carbonyl (C=O) groups is 2. The maximum atomic E-state index is 12.4. The summed E-state index contributed by atoms with van der Waals surface area (Å²) in [6.45, 7) is 3.66. The molecule has 0 radical (unpaired) electrons. The number of ether oxygens (including phenoxy) is 1. The summed E-state index contributed by atoms with van der Waals surface area (Å²) < 4.78 is 5.34. The van der Waals surface area contributed by atoms with Crippen molar-refractivity contribution in [3.63, 3.8) is 0 Å². The van der Waals surface area contributed by atoms with Gasteiger partial charge in [-0.2, -0.15) is 0 Å². The molecule has 5 nitrogen and oxygen atoms in total. The third-order valence-electron chi connectivity index (χ3n) is 3.81. The Morgan fingerprint density at radius 3 is 3.14 bits per heavy atom. The van der Waals surface area contributed by atoms with E-state index in [4.69, 9.17) is 16.3 Å². The first kappa shape index (κ1) is 15.6. The first-order valence-electron chi connectivity index (χ1n) is 7.19. The number of benzene rings is 1. The summed E-state index contributed by atoms with van der Waals surface area (Å²) >= 11 is 7.35. The minimum atomic E-state index is -0.406. The average molecular weight is 341 g/mol. The summed E-state index contributed by atoms with van der Waals surface area (Å²) in [5, 5.41) is 3.00. The SMILES string of the molecule is C[C@H]1COCCN1C(=O)C[C@H]1Sc2ccc(Cl)cc2NC1=O. The van der Waals surface area contributed by atoms with Crippen LogP contribution in [-0.4, -0.2) is 47.8 Å². The molecule has 2 amide bonds. The number of anilines is 1. The molecule has 2 aliphatic rings. The Morgan fingerprint density at radius 1 is 1.55 bits per heavy atom. The van der Waals surface area contributed by atoms with E-state index in [-0.39, 0.29) is 24.3 Å². The Bertz CT molecular complexity index is 610. The molecule has 1 aromatic carbocycles. The van der Waals surface area contributed by atoms with Gasteiger partial charge in [-0.15, -0.1) is 11.8 Å². The largest absolute Gasteiger partial charge is 0.377 e. The second-order valence-corrected chi connectivity index (χ2v) is 7.13. The minimum absolute atomic E-state index is 0.000800. The van der Waals surface area contributed by atoms with Crippen LogP contribution in [0.3, 0.4) is 0 Å². The van der Waals surface area contributed by atoms with Crippen molar-refractivity contribution in [3.05, 3.63) is 23.2 Å². The first-order valence-corrected chi connectivity index (χ1v) is 8.44. The number of nitrogens with one attached hydrogen (secondary N) is 1. The van der Waals surface area contributed by atoms with Crippen LogP contribution in [0.2, 0.25) is 5.02 Å². The molecule has 1 fully saturated rings. The van der Waals surface area contributed by atoms with Gasteiger partial charge in [0, 0.05) is 22.9 Å². The Kier molecular flexibility index (Phi) is 4.61. The van der Waals surface area contributed by atoms with Crippen LogP contribution in [0.1, 0.15) is 13.3 Å². The van der Waals surface area contributed by atoms with Gasteiger partial charge < -0.3 is 15.0 Å². The van der Waals surface area contributed by atoms with Crippen molar-refractivity contribution in [1.29, 1.82) is 0 Å². The Balaban J connectivity index is 1.69. The molecule has 0 aromatic heterocycles. The van der Waals surface area contributed by atoms with Crippen molar-refractivity contribution in [1.82, 2.24) is 4.90 Å². The van der Waals surface area contributed by atoms with Crippen LogP contribution >= 0.6 is 23.4 Å². The molecule has 0 unspecified atom stereocenters. The van der Waals surface area contributed by atoms with Crippen molar-refractivity contribution < 1.29 is 14.3 Å². The topological polar surface area (TPSA) is 58.6 Å². The number of carbonyl (C=O) groups excluding carboxylic acids is 2. The number of nitrogens with zero attached hydrogens (tertiary/aromatic N) is 1. The highest BCUT2D eigenvalue weighted by atomic mass is 35.5. The molecule has 1 aromatic rings. The van der Waals surface area contributed by atoms with Crippen molar-refractivity contribution >= 4 is 40.9 Å². The fraction of sp³-hybridized carbons (Fsp3) is 0.467. The summed E-state index contributed by atoms with van der Waals surface area (Å²) in [6, 6.07) is 5.44. The zero-order valence-corrected chi connectivity index (χ0v) is 13.7. The predicted octanol–water partition coefficient (Wildman–Crippen LogP) is 2.39. The molecule has 1 saturated heterocycles. The van der Waals surface area contributed by atoms with Gasteiger partial charge in [-0.25, -0.2) is 0 Å². The van der Waals surface area contributed by atoms with Gasteiger partial charge in [0.1, 0.15) is 0 Å². The van der Waals surface area contributed by atoms with E-state index < -0.39 is 5.25 Å². The summed E-state index contributed by atoms with van der Waals surface area (Å²) in [7, 11) is 0.